The Morgan fingerprint density at radius 3 is 2.75 bits per heavy atom. The van der Waals surface area contributed by atoms with Crippen molar-refractivity contribution < 1.29 is 22.5 Å². The molecule has 0 aliphatic carbocycles. The fourth-order valence-electron chi connectivity index (χ4n) is 2.91. The van der Waals surface area contributed by atoms with Gasteiger partial charge in [0.15, 0.2) is 11.5 Å². The summed E-state index contributed by atoms with van der Waals surface area (Å²) in [5, 5.41) is 7.32. The van der Waals surface area contributed by atoms with Crippen LogP contribution in [0.25, 0.3) is 0 Å². The van der Waals surface area contributed by atoms with Crippen LogP contribution in [0.3, 0.4) is 0 Å². The predicted octanol–water partition coefficient (Wildman–Crippen LogP) is 2.97. The number of alkyl halides is 3. The molecule has 1 amide bonds. The number of rotatable bonds is 3. The van der Waals surface area contributed by atoms with Gasteiger partial charge < -0.3 is 9.42 Å². The van der Waals surface area contributed by atoms with E-state index in [9.17, 15) is 18.0 Å². The fraction of sp³-hybridized carbons (Fsp3) is 0.533. The van der Waals surface area contributed by atoms with Crippen molar-refractivity contribution in [3.05, 3.63) is 35.0 Å². The molecule has 9 heteroatoms. The maximum absolute atomic E-state index is 12.8. The minimum absolute atomic E-state index is 0.0931. The first-order chi connectivity index (χ1) is 11.3. The molecular weight excluding hydrogens is 325 g/mol. The minimum Gasteiger partial charge on any atom is -0.359 e. The number of carbonyl (C=O) groups is 1. The van der Waals surface area contributed by atoms with Gasteiger partial charge in [-0.3, -0.25) is 9.48 Å². The largest absolute Gasteiger partial charge is 0.435 e. The maximum atomic E-state index is 12.8. The molecule has 0 saturated carbocycles. The van der Waals surface area contributed by atoms with Gasteiger partial charge in [0.05, 0.1) is 11.7 Å². The average molecular weight is 342 g/mol. The quantitative estimate of drug-likeness (QED) is 0.860. The summed E-state index contributed by atoms with van der Waals surface area (Å²) in [7, 11) is 1.33. The molecule has 130 valence electrons. The van der Waals surface area contributed by atoms with E-state index in [0.717, 1.165) is 22.9 Å². The number of halogens is 3. The summed E-state index contributed by atoms with van der Waals surface area (Å²) in [6, 6.07) is 2.27. The van der Waals surface area contributed by atoms with Crippen LogP contribution in [0.5, 0.6) is 0 Å². The third-order valence-electron chi connectivity index (χ3n) is 4.17. The second kappa shape index (κ2) is 5.95. The first-order valence-electron chi connectivity index (χ1n) is 7.69. The van der Waals surface area contributed by atoms with Crippen LogP contribution in [0, 0.1) is 0 Å². The lowest BCUT2D eigenvalue weighted by Crippen LogP contribution is -2.31. The molecule has 6 nitrogen and oxygen atoms in total. The highest BCUT2D eigenvalue weighted by molar-refractivity contribution is 5.93. The summed E-state index contributed by atoms with van der Waals surface area (Å²) in [6.45, 7) is 2.39. The highest BCUT2D eigenvalue weighted by Gasteiger charge is 2.38. The Morgan fingerprint density at radius 1 is 1.42 bits per heavy atom. The van der Waals surface area contributed by atoms with E-state index in [1.807, 2.05) is 6.92 Å². The average Bonchev–Trinajstić information content (AvgIpc) is 3.24. The van der Waals surface area contributed by atoms with E-state index in [0.29, 0.717) is 25.1 Å². The molecule has 0 spiro atoms. The summed E-state index contributed by atoms with van der Waals surface area (Å²) >= 11 is 0. The van der Waals surface area contributed by atoms with Gasteiger partial charge in [-0.25, -0.2) is 0 Å². The summed E-state index contributed by atoms with van der Waals surface area (Å²) in [5.74, 6) is 0.0772. The zero-order chi connectivity index (χ0) is 17.5. The number of likely N-dealkylation sites (tertiary alicyclic amines) is 1. The van der Waals surface area contributed by atoms with E-state index < -0.39 is 17.8 Å². The molecular formula is C15H17F3N4O2. The summed E-state index contributed by atoms with van der Waals surface area (Å²) in [6.07, 6.45) is -2.43. The van der Waals surface area contributed by atoms with E-state index in [1.165, 1.54) is 11.9 Å². The van der Waals surface area contributed by atoms with Crippen molar-refractivity contribution >= 4 is 5.91 Å². The Bertz CT molecular complexity index is 750. The van der Waals surface area contributed by atoms with Crippen molar-refractivity contribution in [2.75, 3.05) is 6.54 Å². The SMILES string of the molecule is CCc1cc([C@@H]2CCCN2C(=O)c2cc(C(F)(F)F)nn2C)on1. The van der Waals surface area contributed by atoms with E-state index in [2.05, 4.69) is 10.3 Å². The number of amides is 1. The number of hydrogen-bond acceptors (Lipinski definition) is 4. The summed E-state index contributed by atoms with van der Waals surface area (Å²) < 4.78 is 44.6. The van der Waals surface area contributed by atoms with Crippen LogP contribution >= 0.6 is 0 Å². The van der Waals surface area contributed by atoms with E-state index in [-0.39, 0.29) is 11.7 Å². The second-order valence-corrected chi connectivity index (χ2v) is 5.77. The minimum atomic E-state index is -4.58. The number of aryl methyl sites for hydroxylation is 2. The van der Waals surface area contributed by atoms with Gasteiger partial charge in [0.2, 0.25) is 0 Å². The molecule has 3 rings (SSSR count). The molecule has 1 saturated heterocycles. The topological polar surface area (TPSA) is 64.2 Å². The molecule has 24 heavy (non-hydrogen) atoms. The van der Waals surface area contributed by atoms with Gasteiger partial charge in [-0.2, -0.15) is 18.3 Å². The third-order valence-corrected chi connectivity index (χ3v) is 4.17. The van der Waals surface area contributed by atoms with Gasteiger partial charge in [-0.15, -0.1) is 0 Å². The molecule has 3 heterocycles. The molecule has 0 radical (unpaired) electrons. The number of carbonyl (C=O) groups excluding carboxylic acids is 1. The first kappa shape index (κ1) is 16.5. The van der Waals surface area contributed by atoms with Crippen molar-refractivity contribution in [3.63, 3.8) is 0 Å². The highest BCUT2D eigenvalue weighted by atomic mass is 19.4. The number of aromatic nitrogens is 3. The van der Waals surface area contributed by atoms with Gasteiger partial charge in [0.1, 0.15) is 5.69 Å². The lowest BCUT2D eigenvalue weighted by molar-refractivity contribution is -0.141. The number of hydrogen-bond donors (Lipinski definition) is 0. The maximum Gasteiger partial charge on any atom is 0.435 e. The van der Waals surface area contributed by atoms with Gasteiger partial charge in [-0.05, 0) is 19.3 Å². The Balaban J connectivity index is 1.87. The normalized spacial score (nSPS) is 18.4. The Morgan fingerprint density at radius 2 is 2.17 bits per heavy atom. The van der Waals surface area contributed by atoms with Crippen LogP contribution in [0.4, 0.5) is 13.2 Å². The van der Waals surface area contributed by atoms with E-state index in [1.54, 1.807) is 6.07 Å². The van der Waals surface area contributed by atoms with Crippen LogP contribution < -0.4 is 0 Å². The van der Waals surface area contributed by atoms with E-state index in [4.69, 9.17) is 4.52 Å². The molecule has 0 N–H and O–H groups in total. The van der Waals surface area contributed by atoms with E-state index >= 15 is 0 Å². The van der Waals surface area contributed by atoms with Crippen LogP contribution in [-0.2, 0) is 19.6 Å². The monoisotopic (exact) mass is 342 g/mol. The predicted molar refractivity (Wildman–Crippen MR) is 77.1 cm³/mol. The Kier molecular flexibility index (Phi) is 4.10. The summed E-state index contributed by atoms with van der Waals surface area (Å²) in [4.78, 5) is 14.2. The molecule has 1 aliphatic rings. The highest BCUT2D eigenvalue weighted by Crippen LogP contribution is 2.34. The van der Waals surface area contributed by atoms with Gasteiger partial charge in [0, 0.05) is 25.7 Å². The lowest BCUT2D eigenvalue weighted by atomic mass is 10.1. The zero-order valence-corrected chi connectivity index (χ0v) is 13.3. The molecule has 0 bridgehead atoms. The lowest BCUT2D eigenvalue weighted by Gasteiger charge is -2.22. The van der Waals surface area contributed by atoms with Crippen LogP contribution in [0.1, 0.15) is 53.4 Å². The van der Waals surface area contributed by atoms with Gasteiger partial charge in [-0.1, -0.05) is 12.1 Å². The van der Waals surface area contributed by atoms with Gasteiger partial charge >= 0.3 is 6.18 Å². The fourth-order valence-corrected chi connectivity index (χ4v) is 2.91. The molecule has 2 aromatic heterocycles. The van der Waals surface area contributed by atoms with Crippen LogP contribution in [-0.4, -0.2) is 32.3 Å². The Hall–Kier alpha value is -2.32. The van der Waals surface area contributed by atoms with Crippen molar-refractivity contribution in [1.82, 2.24) is 19.8 Å². The van der Waals surface area contributed by atoms with Crippen molar-refractivity contribution in [2.45, 2.75) is 38.4 Å². The van der Waals surface area contributed by atoms with Crippen LogP contribution in [0.15, 0.2) is 16.7 Å². The smallest absolute Gasteiger partial charge is 0.359 e. The second-order valence-electron chi connectivity index (χ2n) is 5.77. The molecule has 1 fully saturated rings. The number of nitrogens with zero attached hydrogens (tertiary/aromatic N) is 4. The molecule has 1 atom stereocenters. The zero-order valence-electron chi connectivity index (χ0n) is 13.3. The van der Waals surface area contributed by atoms with Gasteiger partial charge in [0.25, 0.3) is 5.91 Å². The molecule has 2 aromatic rings. The van der Waals surface area contributed by atoms with Crippen molar-refractivity contribution in [3.8, 4) is 0 Å². The van der Waals surface area contributed by atoms with Crippen LogP contribution in [0.2, 0.25) is 0 Å². The Labute approximate surface area is 136 Å². The standard InChI is InChI=1S/C15H17F3N4O2/c1-3-9-7-12(24-20-9)10-5-4-6-22(10)14(23)11-8-13(15(16,17)18)19-21(11)2/h7-8,10H,3-6H2,1-2H3/t10-/m0/s1. The summed E-state index contributed by atoms with van der Waals surface area (Å²) in [5.41, 5.74) is -0.384. The van der Waals surface area contributed by atoms with Crippen molar-refractivity contribution in [2.24, 2.45) is 7.05 Å². The van der Waals surface area contributed by atoms with Crippen molar-refractivity contribution in [1.29, 1.82) is 0 Å². The first-order valence-corrected chi connectivity index (χ1v) is 7.69. The molecule has 0 unspecified atom stereocenters. The third kappa shape index (κ3) is 2.90. The molecule has 0 aromatic carbocycles. The molecule has 1 aliphatic heterocycles.